The molecule has 140 valence electrons. The summed E-state index contributed by atoms with van der Waals surface area (Å²) in [4.78, 5) is 38.3. The predicted octanol–water partition coefficient (Wildman–Crippen LogP) is 1.78. The van der Waals surface area contributed by atoms with Gasteiger partial charge < -0.3 is 15.4 Å². The van der Waals surface area contributed by atoms with Crippen LogP contribution >= 0.6 is 0 Å². The summed E-state index contributed by atoms with van der Waals surface area (Å²) in [5.74, 6) is -0.303. The molecule has 2 aromatic carbocycles. The first-order valence-corrected chi connectivity index (χ1v) is 8.53. The molecule has 1 heterocycles. The van der Waals surface area contributed by atoms with Gasteiger partial charge in [-0.2, -0.15) is 0 Å². The molecule has 7 heteroatoms. The highest BCUT2D eigenvalue weighted by atomic mass is 16.5. The molecule has 0 saturated carbocycles. The third kappa shape index (κ3) is 3.76. The van der Waals surface area contributed by atoms with Crippen LogP contribution < -0.4 is 15.4 Å². The van der Waals surface area contributed by atoms with Gasteiger partial charge in [-0.1, -0.05) is 42.5 Å². The zero-order chi connectivity index (χ0) is 19.4. The van der Waals surface area contributed by atoms with Gasteiger partial charge in [0.1, 0.15) is 17.8 Å². The second kappa shape index (κ2) is 7.49. The van der Waals surface area contributed by atoms with Crippen LogP contribution in [0.1, 0.15) is 18.1 Å². The molecular weight excluding hydrogens is 346 g/mol. The van der Waals surface area contributed by atoms with E-state index < -0.39 is 23.4 Å². The van der Waals surface area contributed by atoms with Crippen LogP contribution in [0.15, 0.2) is 54.6 Å². The summed E-state index contributed by atoms with van der Waals surface area (Å²) in [6.45, 7) is 1.61. The number of nitrogens with zero attached hydrogens (tertiary/aromatic N) is 1. The van der Waals surface area contributed by atoms with E-state index in [1.165, 1.54) is 7.11 Å². The number of carbonyl (C=O) groups is 3. The third-order valence-electron chi connectivity index (χ3n) is 4.56. The lowest BCUT2D eigenvalue weighted by molar-refractivity contribution is -0.134. The van der Waals surface area contributed by atoms with Crippen molar-refractivity contribution >= 4 is 17.8 Å². The van der Waals surface area contributed by atoms with Crippen LogP contribution in [0.2, 0.25) is 0 Å². The standard InChI is InChI=1S/C20H21N3O4/c1-20(15-9-6-10-16(11-15)27-2)18(25)23(19(26)22-20)13-17(24)21-12-14-7-4-3-5-8-14/h3-11H,12-13H2,1-2H3,(H,21,24)(H,22,26)/t20-/m0/s1. The fraction of sp³-hybridized carbons (Fsp3) is 0.250. The molecule has 0 aromatic heterocycles. The summed E-state index contributed by atoms with van der Waals surface area (Å²) >= 11 is 0. The van der Waals surface area contributed by atoms with Crippen LogP contribution in [-0.2, 0) is 21.7 Å². The summed E-state index contributed by atoms with van der Waals surface area (Å²) in [6, 6.07) is 15.7. The molecule has 27 heavy (non-hydrogen) atoms. The molecule has 3 rings (SSSR count). The highest BCUT2D eigenvalue weighted by Gasteiger charge is 2.49. The lowest BCUT2D eigenvalue weighted by Crippen LogP contribution is -2.43. The smallest absolute Gasteiger partial charge is 0.325 e. The van der Waals surface area contributed by atoms with E-state index in [4.69, 9.17) is 4.74 Å². The predicted molar refractivity (Wildman–Crippen MR) is 98.9 cm³/mol. The zero-order valence-electron chi connectivity index (χ0n) is 15.2. The monoisotopic (exact) mass is 367 g/mol. The highest BCUT2D eigenvalue weighted by Crippen LogP contribution is 2.30. The Labute approximate surface area is 157 Å². The first-order valence-electron chi connectivity index (χ1n) is 8.53. The summed E-state index contributed by atoms with van der Waals surface area (Å²) in [5, 5.41) is 5.40. The number of nitrogens with one attached hydrogen (secondary N) is 2. The summed E-state index contributed by atoms with van der Waals surface area (Å²) < 4.78 is 5.19. The number of hydrogen-bond donors (Lipinski definition) is 2. The van der Waals surface area contributed by atoms with E-state index in [1.54, 1.807) is 31.2 Å². The minimum Gasteiger partial charge on any atom is -0.497 e. The Kier molecular flexibility index (Phi) is 5.12. The van der Waals surface area contributed by atoms with Crippen molar-refractivity contribution in [1.82, 2.24) is 15.5 Å². The van der Waals surface area contributed by atoms with E-state index in [2.05, 4.69) is 10.6 Å². The molecule has 1 fully saturated rings. The molecule has 2 aromatic rings. The lowest BCUT2D eigenvalue weighted by Gasteiger charge is -2.22. The van der Waals surface area contributed by atoms with Crippen molar-refractivity contribution in [3.05, 3.63) is 65.7 Å². The molecule has 1 atom stereocenters. The van der Waals surface area contributed by atoms with Gasteiger partial charge in [0.25, 0.3) is 5.91 Å². The largest absolute Gasteiger partial charge is 0.497 e. The van der Waals surface area contributed by atoms with Crippen molar-refractivity contribution < 1.29 is 19.1 Å². The number of methoxy groups -OCH3 is 1. The van der Waals surface area contributed by atoms with Crippen molar-refractivity contribution in [3.8, 4) is 5.75 Å². The quantitative estimate of drug-likeness (QED) is 0.762. The summed E-state index contributed by atoms with van der Waals surface area (Å²) in [5.41, 5.74) is 0.280. The number of rotatable bonds is 6. The minimum absolute atomic E-state index is 0.330. The Morgan fingerprint density at radius 2 is 1.89 bits per heavy atom. The van der Waals surface area contributed by atoms with Gasteiger partial charge in [0.2, 0.25) is 5.91 Å². The highest BCUT2D eigenvalue weighted by molar-refractivity contribution is 6.09. The first kappa shape index (κ1) is 18.4. The van der Waals surface area contributed by atoms with E-state index in [1.807, 2.05) is 30.3 Å². The van der Waals surface area contributed by atoms with Gasteiger partial charge in [-0.15, -0.1) is 0 Å². The summed E-state index contributed by atoms with van der Waals surface area (Å²) in [7, 11) is 1.53. The van der Waals surface area contributed by atoms with E-state index >= 15 is 0 Å². The van der Waals surface area contributed by atoms with Crippen molar-refractivity contribution in [2.45, 2.75) is 19.0 Å². The molecular formula is C20H21N3O4. The number of hydrogen-bond acceptors (Lipinski definition) is 4. The zero-order valence-corrected chi connectivity index (χ0v) is 15.2. The minimum atomic E-state index is -1.24. The first-order chi connectivity index (χ1) is 12.9. The van der Waals surface area contributed by atoms with Crippen molar-refractivity contribution in [2.24, 2.45) is 0 Å². The molecule has 0 spiro atoms. The van der Waals surface area contributed by atoms with Gasteiger partial charge in [-0.25, -0.2) is 4.79 Å². The molecule has 7 nitrogen and oxygen atoms in total. The van der Waals surface area contributed by atoms with Gasteiger partial charge >= 0.3 is 6.03 Å². The average Bonchev–Trinajstić information content (AvgIpc) is 2.91. The van der Waals surface area contributed by atoms with Crippen LogP contribution in [0, 0.1) is 0 Å². The molecule has 0 radical (unpaired) electrons. The molecule has 0 unspecified atom stereocenters. The summed E-state index contributed by atoms with van der Waals surface area (Å²) in [6.07, 6.45) is 0. The Morgan fingerprint density at radius 1 is 1.15 bits per heavy atom. The topological polar surface area (TPSA) is 87.7 Å². The number of amides is 4. The van der Waals surface area contributed by atoms with Gasteiger partial charge in [-0.05, 0) is 30.2 Å². The molecule has 4 amide bonds. The molecule has 2 N–H and O–H groups in total. The molecule has 0 bridgehead atoms. The maximum Gasteiger partial charge on any atom is 0.325 e. The Bertz CT molecular complexity index is 869. The molecule has 0 aliphatic carbocycles. The van der Waals surface area contributed by atoms with Gasteiger partial charge in [0.05, 0.1) is 7.11 Å². The number of ether oxygens (including phenoxy) is 1. The van der Waals surface area contributed by atoms with E-state index in [-0.39, 0.29) is 6.54 Å². The normalized spacial score (nSPS) is 19.0. The van der Waals surface area contributed by atoms with E-state index in [0.29, 0.717) is 17.9 Å². The van der Waals surface area contributed by atoms with Gasteiger partial charge in [-0.3, -0.25) is 14.5 Å². The number of benzene rings is 2. The second-order valence-electron chi connectivity index (χ2n) is 6.44. The second-order valence-corrected chi connectivity index (χ2v) is 6.44. The fourth-order valence-electron chi connectivity index (χ4n) is 2.97. The number of imide groups is 1. The van der Waals surface area contributed by atoms with Crippen LogP contribution in [-0.4, -0.2) is 36.4 Å². The van der Waals surface area contributed by atoms with E-state index in [9.17, 15) is 14.4 Å². The Morgan fingerprint density at radius 3 is 2.59 bits per heavy atom. The van der Waals surface area contributed by atoms with Crippen molar-refractivity contribution in [1.29, 1.82) is 0 Å². The Hall–Kier alpha value is -3.35. The van der Waals surface area contributed by atoms with E-state index in [0.717, 1.165) is 10.5 Å². The van der Waals surface area contributed by atoms with Crippen molar-refractivity contribution in [2.75, 3.05) is 13.7 Å². The Balaban J connectivity index is 1.69. The lowest BCUT2D eigenvalue weighted by atomic mass is 9.92. The molecule has 1 aliphatic rings. The van der Waals surface area contributed by atoms with Crippen LogP contribution in [0.4, 0.5) is 4.79 Å². The van der Waals surface area contributed by atoms with Crippen LogP contribution in [0.3, 0.4) is 0 Å². The molecule has 1 aliphatic heterocycles. The average molecular weight is 367 g/mol. The maximum atomic E-state index is 12.9. The van der Waals surface area contributed by atoms with Crippen molar-refractivity contribution in [3.63, 3.8) is 0 Å². The van der Waals surface area contributed by atoms with Crippen LogP contribution in [0.5, 0.6) is 5.75 Å². The molecule has 1 saturated heterocycles. The number of carbonyl (C=O) groups excluding carboxylic acids is 3. The SMILES string of the molecule is COc1cccc([C@]2(C)NC(=O)N(CC(=O)NCc3ccccc3)C2=O)c1. The van der Waals surface area contributed by atoms with Gasteiger partial charge in [0.15, 0.2) is 0 Å². The fourth-order valence-corrected chi connectivity index (χ4v) is 2.97. The van der Waals surface area contributed by atoms with Crippen LogP contribution in [0.25, 0.3) is 0 Å². The third-order valence-corrected chi connectivity index (χ3v) is 4.56. The maximum absolute atomic E-state index is 12.9. The van der Waals surface area contributed by atoms with Gasteiger partial charge in [0, 0.05) is 6.54 Å². The number of urea groups is 1.